The zero-order chi connectivity index (χ0) is 19.0. The minimum absolute atomic E-state index is 0.0762. The normalized spacial score (nSPS) is 17.2. The number of aromatic nitrogens is 2. The van der Waals surface area contributed by atoms with Crippen molar-refractivity contribution < 1.29 is 14.5 Å². The highest BCUT2D eigenvalue weighted by Crippen LogP contribution is 2.27. The molecule has 1 atom stereocenters. The van der Waals surface area contributed by atoms with Crippen LogP contribution in [0.3, 0.4) is 0 Å². The van der Waals surface area contributed by atoms with Crippen LogP contribution in [0.5, 0.6) is 0 Å². The predicted molar refractivity (Wildman–Crippen MR) is 101 cm³/mol. The lowest BCUT2D eigenvalue weighted by atomic mass is 10.1. The molecule has 0 bridgehead atoms. The Kier molecular flexibility index (Phi) is 4.63. The molecular weight excluding hydrogens is 416 g/mol. The maximum Gasteiger partial charge on any atom is 0.275 e. The Balaban J connectivity index is 1.60. The van der Waals surface area contributed by atoms with E-state index in [1.165, 1.54) is 12.1 Å². The Labute approximate surface area is 162 Å². The van der Waals surface area contributed by atoms with Gasteiger partial charge in [-0.15, -0.1) is 0 Å². The number of morpholine rings is 1. The number of nitro benzene ring substituents is 1. The maximum atomic E-state index is 13.0. The zero-order valence-corrected chi connectivity index (χ0v) is 15.7. The molecule has 4 rings (SSSR count). The van der Waals surface area contributed by atoms with Crippen molar-refractivity contribution in [3.05, 3.63) is 68.3 Å². The van der Waals surface area contributed by atoms with E-state index < -0.39 is 4.92 Å². The SMILES string of the molecule is O=C(c1n[nH]c2ccc([N+](=O)[O-])cc12)N1CCOC(c2ccc(Br)cc2)C1. The number of aromatic amines is 1. The summed E-state index contributed by atoms with van der Waals surface area (Å²) in [6, 6.07) is 12.1. The first-order valence-electron chi connectivity index (χ1n) is 8.32. The van der Waals surface area contributed by atoms with Gasteiger partial charge in [-0.1, -0.05) is 28.1 Å². The maximum absolute atomic E-state index is 13.0. The van der Waals surface area contributed by atoms with Crippen molar-refractivity contribution in [2.24, 2.45) is 0 Å². The summed E-state index contributed by atoms with van der Waals surface area (Å²) in [4.78, 5) is 25.2. The summed E-state index contributed by atoms with van der Waals surface area (Å²) >= 11 is 3.40. The third-order valence-corrected chi connectivity index (χ3v) is 5.08. The standard InChI is InChI=1S/C18H15BrN4O4/c19-12-3-1-11(2-4-12)16-10-22(7-8-27-16)18(24)17-14-9-13(23(25)26)5-6-15(14)20-21-17/h1-6,9,16H,7-8,10H2,(H,20,21). The van der Waals surface area contributed by atoms with Gasteiger partial charge in [0.25, 0.3) is 11.6 Å². The number of nitrogens with one attached hydrogen (secondary N) is 1. The van der Waals surface area contributed by atoms with Gasteiger partial charge in [0.2, 0.25) is 0 Å². The molecule has 1 aliphatic heterocycles. The van der Waals surface area contributed by atoms with Crippen molar-refractivity contribution in [3.8, 4) is 0 Å². The highest BCUT2D eigenvalue weighted by Gasteiger charge is 2.28. The van der Waals surface area contributed by atoms with Gasteiger partial charge in [0.05, 0.1) is 23.6 Å². The summed E-state index contributed by atoms with van der Waals surface area (Å²) in [6.45, 7) is 1.24. The lowest BCUT2D eigenvalue weighted by molar-refractivity contribution is -0.384. The van der Waals surface area contributed by atoms with Gasteiger partial charge < -0.3 is 9.64 Å². The number of amides is 1. The van der Waals surface area contributed by atoms with Gasteiger partial charge in [-0.05, 0) is 23.8 Å². The fourth-order valence-corrected chi connectivity index (χ4v) is 3.41. The van der Waals surface area contributed by atoms with Crippen LogP contribution in [0, 0.1) is 10.1 Å². The summed E-state index contributed by atoms with van der Waals surface area (Å²) in [5.41, 5.74) is 1.68. The first kappa shape index (κ1) is 17.6. The largest absolute Gasteiger partial charge is 0.370 e. The van der Waals surface area contributed by atoms with Crippen LogP contribution in [0.2, 0.25) is 0 Å². The number of nitrogens with zero attached hydrogens (tertiary/aromatic N) is 3. The number of carbonyl (C=O) groups excluding carboxylic acids is 1. The molecule has 1 aliphatic rings. The quantitative estimate of drug-likeness (QED) is 0.506. The van der Waals surface area contributed by atoms with E-state index in [1.54, 1.807) is 11.0 Å². The van der Waals surface area contributed by atoms with E-state index in [0.29, 0.717) is 30.6 Å². The van der Waals surface area contributed by atoms with Crippen molar-refractivity contribution in [1.82, 2.24) is 15.1 Å². The molecule has 9 heteroatoms. The van der Waals surface area contributed by atoms with Crippen LogP contribution in [0.25, 0.3) is 10.9 Å². The highest BCUT2D eigenvalue weighted by atomic mass is 79.9. The van der Waals surface area contributed by atoms with E-state index in [9.17, 15) is 14.9 Å². The third-order valence-electron chi connectivity index (χ3n) is 4.56. The molecule has 1 saturated heterocycles. The van der Waals surface area contributed by atoms with E-state index in [4.69, 9.17) is 4.74 Å². The van der Waals surface area contributed by atoms with Crippen LogP contribution >= 0.6 is 15.9 Å². The number of H-pyrrole nitrogens is 1. The van der Waals surface area contributed by atoms with Crippen molar-refractivity contribution in [2.45, 2.75) is 6.10 Å². The second kappa shape index (κ2) is 7.09. The van der Waals surface area contributed by atoms with Gasteiger partial charge in [-0.2, -0.15) is 5.10 Å². The molecule has 27 heavy (non-hydrogen) atoms. The molecule has 2 heterocycles. The van der Waals surface area contributed by atoms with Gasteiger partial charge in [-0.25, -0.2) is 0 Å². The van der Waals surface area contributed by atoms with Gasteiger partial charge >= 0.3 is 0 Å². The number of hydrogen-bond donors (Lipinski definition) is 1. The first-order valence-corrected chi connectivity index (χ1v) is 9.11. The van der Waals surface area contributed by atoms with E-state index >= 15 is 0 Å². The molecule has 1 fully saturated rings. The number of benzene rings is 2. The number of halogens is 1. The molecule has 3 aromatic rings. The number of carbonyl (C=O) groups is 1. The van der Waals surface area contributed by atoms with E-state index in [2.05, 4.69) is 26.1 Å². The predicted octanol–water partition coefficient (Wildman–Crippen LogP) is 3.45. The highest BCUT2D eigenvalue weighted by molar-refractivity contribution is 9.10. The summed E-state index contributed by atoms with van der Waals surface area (Å²) in [5.74, 6) is -0.271. The van der Waals surface area contributed by atoms with Crippen LogP contribution in [-0.4, -0.2) is 45.6 Å². The Bertz CT molecular complexity index is 1020. The second-order valence-electron chi connectivity index (χ2n) is 6.22. The number of nitro groups is 1. The Morgan fingerprint density at radius 3 is 2.81 bits per heavy atom. The fraction of sp³-hybridized carbons (Fsp3) is 0.222. The first-order chi connectivity index (χ1) is 13.0. The lowest BCUT2D eigenvalue weighted by Crippen LogP contribution is -2.42. The topological polar surface area (TPSA) is 101 Å². The van der Waals surface area contributed by atoms with E-state index in [1.807, 2.05) is 24.3 Å². The molecule has 0 radical (unpaired) electrons. The van der Waals surface area contributed by atoms with Gasteiger partial charge in [-0.3, -0.25) is 20.0 Å². The zero-order valence-electron chi connectivity index (χ0n) is 14.1. The summed E-state index contributed by atoms with van der Waals surface area (Å²) < 4.78 is 6.78. The molecule has 0 saturated carbocycles. The molecule has 0 aliphatic carbocycles. The molecule has 2 aromatic carbocycles. The van der Waals surface area contributed by atoms with Crippen LogP contribution in [0.15, 0.2) is 46.9 Å². The van der Waals surface area contributed by atoms with Crippen LogP contribution in [0.4, 0.5) is 5.69 Å². The summed E-state index contributed by atoms with van der Waals surface area (Å²) in [6.07, 6.45) is -0.227. The van der Waals surface area contributed by atoms with Crippen molar-refractivity contribution in [3.63, 3.8) is 0 Å². The molecule has 1 N–H and O–H groups in total. The Morgan fingerprint density at radius 1 is 1.30 bits per heavy atom. The Morgan fingerprint density at radius 2 is 2.07 bits per heavy atom. The monoisotopic (exact) mass is 430 g/mol. The van der Waals surface area contributed by atoms with Crippen molar-refractivity contribution in [2.75, 3.05) is 19.7 Å². The summed E-state index contributed by atoms with van der Waals surface area (Å²) in [7, 11) is 0. The second-order valence-corrected chi connectivity index (χ2v) is 7.14. The van der Waals surface area contributed by atoms with Crippen LogP contribution < -0.4 is 0 Å². The number of rotatable bonds is 3. The fourth-order valence-electron chi connectivity index (χ4n) is 3.14. The van der Waals surface area contributed by atoms with E-state index in [-0.39, 0.29) is 23.4 Å². The van der Waals surface area contributed by atoms with Gasteiger partial charge in [0.15, 0.2) is 5.69 Å². The molecule has 0 spiro atoms. The lowest BCUT2D eigenvalue weighted by Gasteiger charge is -2.32. The van der Waals surface area contributed by atoms with Crippen molar-refractivity contribution in [1.29, 1.82) is 0 Å². The Hall–Kier alpha value is -2.78. The minimum atomic E-state index is -0.487. The van der Waals surface area contributed by atoms with E-state index in [0.717, 1.165) is 10.0 Å². The number of non-ortho nitro benzene ring substituents is 1. The van der Waals surface area contributed by atoms with Crippen LogP contribution in [-0.2, 0) is 4.74 Å². The smallest absolute Gasteiger partial charge is 0.275 e. The molecule has 1 unspecified atom stereocenters. The number of fused-ring (bicyclic) bond motifs is 1. The third kappa shape index (κ3) is 3.43. The van der Waals surface area contributed by atoms with Gasteiger partial charge in [0.1, 0.15) is 6.10 Å². The average Bonchev–Trinajstić information content (AvgIpc) is 3.11. The molecular formula is C18H15BrN4O4. The average molecular weight is 431 g/mol. The molecule has 8 nitrogen and oxygen atoms in total. The molecule has 1 amide bonds. The number of hydrogen-bond acceptors (Lipinski definition) is 5. The van der Waals surface area contributed by atoms with Gasteiger partial charge in [0, 0.05) is 28.5 Å². The molecule has 1 aromatic heterocycles. The molecule has 138 valence electrons. The number of ether oxygens (including phenoxy) is 1. The van der Waals surface area contributed by atoms with Crippen molar-refractivity contribution >= 4 is 38.4 Å². The van der Waals surface area contributed by atoms with Crippen LogP contribution in [0.1, 0.15) is 22.2 Å². The summed E-state index contributed by atoms with van der Waals surface area (Å²) in [5, 5.41) is 18.3. The minimum Gasteiger partial charge on any atom is -0.370 e.